The Morgan fingerprint density at radius 1 is 1.00 bits per heavy atom. The summed E-state index contributed by atoms with van der Waals surface area (Å²) in [7, 11) is 0. The van der Waals surface area contributed by atoms with Crippen LogP contribution in [0.3, 0.4) is 0 Å². The van der Waals surface area contributed by atoms with Gasteiger partial charge in [-0.15, -0.1) is 0 Å². The van der Waals surface area contributed by atoms with Crippen molar-refractivity contribution in [1.82, 2.24) is 24.8 Å². The monoisotopic (exact) mass is 502 g/mol. The second-order valence-corrected chi connectivity index (χ2v) is 7.28. The Labute approximate surface area is 214 Å². The number of nitrogens with one attached hydrogen (secondary N) is 2. The van der Waals surface area contributed by atoms with Crippen molar-refractivity contribution in [3.63, 3.8) is 0 Å². The number of rotatable bonds is 5. The fraction of sp³-hybridized carbons (Fsp3) is 0.148. The number of aromatic nitrogens is 5. The summed E-state index contributed by atoms with van der Waals surface area (Å²) in [5.74, 6) is -0.0691. The van der Waals surface area contributed by atoms with Crippen LogP contribution in [0.1, 0.15) is 31.1 Å². The molecule has 0 aliphatic heterocycles. The van der Waals surface area contributed by atoms with E-state index in [4.69, 9.17) is 5.73 Å². The second kappa shape index (κ2) is 14.4. The van der Waals surface area contributed by atoms with Crippen LogP contribution in [0.2, 0.25) is 0 Å². The topological polar surface area (TPSA) is 148 Å². The van der Waals surface area contributed by atoms with E-state index in [1.165, 1.54) is 10.6 Å². The van der Waals surface area contributed by atoms with E-state index in [2.05, 4.69) is 25.0 Å². The molecular formula is C27H30N6O4. The van der Waals surface area contributed by atoms with Crippen LogP contribution in [0.25, 0.3) is 16.9 Å². The Bertz CT molecular complexity index is 1430. The highest BCUT2D eigenvalue weighted by Gasteiger charge is 2.11. The van der Waals surface area contributed by atoms with Crippen LogP contribution < -0.4 is 11.3 Å². The zero-order valence-corrected chi connectivity index (χ0v) is 19.6. The fourth-order valence-electron chi connectivity index (χ4n) is 3.02. The predicted octanol–water partition coefficient (Wildman–Crippen LogP) is 4.14. The van der Waals surface area contributed by atoms with Crippen LogP contribution in [0.15, 0.2) is 96.1 Å². The maximum absolute atomic E-state index is 11.7. The molecular weight excluding hydrogens is 472 g/mol. The highest BCUT2D eigenvalue weighted by atomic mass is 16.5. The van der Waals surface area contributed by atoms with Crippen molar-refractivity contribution >= 4 is 23.2 Å². The van der Waals surface area contributed by atoms with Crippen molar-refractivity contribution in [1.29, 1.82) is 0 Å². The van der Waals surface area contributed by atoms with Gasteiger partial charge in [-0.3, -0.25) is 24.6 Å². The third-order valence-electron chi connectivity index (χ3n) is 4.68. The third kappa shape index (κ3) is 8.62. The average Bonchev–Trinajstić information content (AvgIpc) is 3.58. The summed E-state index contributed by atoms with van der Waals surface area (Å²) in [4.78, 5) is 38.5. The molecule has 0 saturated heterocycles. The molecule has 0 fully saturated rings. The van der Waals surface area contributed by atoms with Crippen molar-refractivity contribution in [2.45, 2.75) is 20.8 Å². The molecule has 0 saturated carbocycles. The number of nitrogen functional groups attached to an aromatic ring is 1. The normalized spacial score (nSPS) is 9.65. The summed E-state index contributed by atoms with van der Waals surface area (Å²) in [6.45, 7) is 2.02. The number of hydrogen-bond donors (Lipinski definition) is 3. The maximum Gasteiger partial charge on any atom is 0.313 e. The number of ether oxygens (including phenoxy) is 1. The van der Waals surface area contributed by atoms with E-state index in [9.17, 15) is 14.4 Å². The molecule has 0 amide bonds. The van der Waals surface area contributed by atoms with E-state index in [0.717, 1.165) is 5.56 Å². The lowest BCUT2D eigenvalue weighted by molar-refractivity contribution is -0.141. The molecule has 0 bridgehead atoms. The summed E-state index contributed by atoms with van der Waals surface area (Å²) in [6, 6.07) is 23.4. The minimum absolute atomic E-state index is 0. The number of ketones is 1. The highest BCUT2D eigenvalue weighted by Crippen LogP contribution is 2.14. The highest BCUT2D eigenvalue weighted by molar-refractivity contribution is 6.05. The Kier molecular flexibility index (Phi) is 11.0. The van der Waals surface area contributed by atoms with Gasteiger partial charge >= 0.3 is 5.97 Å². The smallest absolute Gasteiger partial charge is 0.313 e. The van der Waals surface area contributed by atoms with Crippen LogP contribution in [-0.4, -0.2) is 43.2 Å². The lowest BCUT2D eigenvalue weighted by Crippen LogP contribution is -2.13. The van der Waals surface area contributed by atoms with E-state index in [1.54, 1.807) is 55.7 Å². The molecule has 0 spiro atoms. The zero-order valence-electron chi connectivity index (χ0n) is 19.6. The Morgan fingerprint density at radius 2 is 1.68 bits per heavy atom. The fourth-order valence-corrected chi connectivity index (χ4v) is 3.02. The zero-order chi connectivity index (χ0) is 25.8. The first-order chi connectivity index (χ1) is 17.5. The van der Waals surface area contributed by atoms with Crippen molar-refractivity contribution < 1.29 is 14.3 Å². The minimum atomic E-state index is -0.471. The Balaban J connectivity index is 0.000000210. The SMILES string of the molecule is C.CCOC(=O)CC(=O)c1ccccc1.Nc1ccn[nH]1.O=c1cc(-c2ccccc2)nc2cc[nH]n12. The second-order valence-electron chi connectivity index (χ2n) is 7.28. The van der Waals surface area contributed by atoms with Crippen LogP contribution in [-0.2, 0) is 9.53 Å². The van der Waals surface area contributed by atoms with Gasteiger partial charge in [-0.2, -0.15) is 5.10 Å². The number of carbonyl (C=O) groups excluding carboxylic acids is 2. The molecule has 0 unspecified atom stereocenters. The van der Waals surface area contributed by atoms with Crippen LogP contribution >= 0.6 is 0 Å². The quantitative estimate of drug-likeness (QED) is 0.186. The van der Waals surface area contributed by atoms with Gasteiger partial charge in [0.25, 0.3) is 5.56 Å². The van der Waals surface area contributed by atoms with Gasteiger partial charge < -0.3 is 10.5 Å². The molecule has 5 aromatic rings. The van der Waals surface area contributed by atoms with Crippen molar-refractivity contribution in [3.05, 3.63) is 107 Å². The van der Waals surface area contributed by atoms with Gasteiger partial charge in [0, 0.05) is 29.5 Å². The number of aromatic amines is 2. The van der Waals surface area contributed by atoms with Gasteiger partial charge in [0.2, 0.25) is 0 Å². The Morgan fingerprint density at radius 3 is 2.24 bits per heavy atom. The molecule has 2 aromatic carbocycles. The van der Waals surface area contributed by atoms with Gasteiger partial charge in [-0.05, 0) is 13.0 Å². The van der Waals surface area contributed by atoms with Gasteiger partial charge in [-0.1, -0.05) is 68.1 Å². The molecule has 3 heterocycles. The molecule has 3 aromatic heterocycles. The van der Waals surface area contributed by atoms with Crippen LogP contribution in [0.4, 0.5) is 5.82 Å². The number of benzene rings is 2. The van der Waals surface area contributed by atoms with E-state index < -0.39 is 5.97 Å². The van der Waals surface area contributed by atoms with Crippen LogP contribution in [0.5, 0.6) is 0 Å². The Hall–Kier alpha value is -4.99. The molecule has 0 radical (unpaired) electrons. The molecule has 4 N–H and O–H groups in total. The summed E-state index contributed by atoms with van der Waals surface area (Å²) in [5, 5.41) is 8.91. The molecule has 192 valence electrons. The third-order valence-corrected chi connectivity index (χ3v) is 4.68. The first-order valence-corrected chi connectivity index (χ1v) is 11.1. The van der Waals surface area contributed by atoms with Gasteiger partial charge in [0.1, 0.15) is 12.2 Å². The van der Waals surface area contributed by atoms with Gasteiger partial charge in [0.05, 0.1) is 18.5 Å². The largest absolute Gasteiger partial charge is 0.466 e. The van der Waals surface area contributed by atoms with Crippen molar-refractivity contribution in [3.8, 4) is 11.3 Å². The number of esters is 1. The number of nitrogens with zero attached hydrogens (tertiary/aromatic N) is 3. The van der Waals surface area contributed by atoms with Crippen molar-refractivity contribution in [2.75, 3.05) is 12.3 Å². The first kappa shape index (κ1) is 28.2. The number of Topliss-reactive ketones (excluding diaryl/α,β-unsaturated/α-hetero) is 1. The summed E-state index contributed by atoms with van der Waals surface area (Å²) < 4.78 is 6.08. The molecule has 37 heavy (non-hydrogen) atoms. The molecule has 0 atom stereocenters. The summed E-state index contributed by atoms with van der Waals surface area (Å²) in [6.07, 6.45) is 3.12. The number of nitrogens with two attached hydrogens (primary N) is 1. The first-order valence-electron chi connectivity index (χ1n) is 11.1. The lowest BCUT2D eigenvalue weighted by Gasteiger charge is -2.00. The van der Waals surface area contributed by atoms with Gasteiger partial charge in [-0.25, -0.2) is 9.50 Å². The van der Waals surface area contributed by atoms with Crippen molar-refractivity contribution in [2.24, 2.45) is 0 Å². The minimum Gasteiger partial charge on any atom is -0.466 e. The van der Waals surface area contributed by atoms with E-state index >= 15 is 0 Å². The lowest BCUT2D eigenvalue weighted by atomic mass is 10.1. The number of fused-ring (bicyclic) bond motifs is 1. The molecule has 10 nitrogen and oxygen atoms in total. The number of hydrogen-bond acceptors (Lipinski definition) is 7. The number of carbonyl (C=O) groups is 2. The van der Waals surface area contributed by atoms with E-state index in [0.29, 0.717) is 29.3 Å². The van der Waals surface area contributed by atoms with Gasteiger partial charge in [0.15, 0.2) is 11.4 Å². The maximum atomic E-state index is 11.7. The van der Waals surface area contributed by atoms with Crippen LogP contribution in [0, 0.1) is 0 Å². The molecule has 0 aliphatic rings. The van der Waals surface area contributed by atoms with E-state index in [1.807, 2.05) is 36.4 Å². The number of H-pyrrole nitrogens is 2. The average molecular weight is 503 g/mol. The molecule has 0 aliphatic carbocycles. The number of anilines is 1. The molecule has 10 heteroatoms. The summed E-state index contributed by atoms with van der Waals surface area (Å²) in [5.41, 5.74) is 7.88. The predicted molar refractivity (Wildman–Crippen MR) is 143 cm³/mol. The molecule has 5 rings (SSSR count). The van der Waals surface area contributed by atoms with E-state index in [-0.39, 0.29) is 25.2 Å². The standard InChI is InChI=1S/C12H9N3O.C11H12O3.C3H5N3.CH4/c16-12-8-10(9-4-2-1-3-5-9)14-11-6-7-13-15(11)12;1-2-14-11(13)8-10(12)9-6-4-3-5-7-9;4-3-1-2-5-6-3;/h1-8,13H;3-7H,2,8H2,1H3;1-2H,(H3,4,5,6);1H4. The summed E-state index contributed by atoms with van der Waals surface area (Å²) >= 11 is 0.